The van der Waals surface area contributed by atoms with Gasteiger partial charge in [-0.05, 0) is 12.1 Å². The molecule has 130 valence electrons. The number of morpholine rings is 1. The maximum absolute atomic E-state index is 14.0. The van der Waals surface area contributed by atoms with Gasteiger partial charge < -0.3 is 14.4 Å². The zero-order chi connectivity index (χ0) is 16.6. The maximum atomic E-state index is 14.0. The molecule has 2 atom stereocenters. The average molecular weight is 334 g/mol. The van der Waals surface area contributed by atoms with Gasteiger partial charge in [-0.2, -0.15) is 0 Å². The van der Waals surface area contributed by atoms with Gasteiger partial charge in [-0.25, -0.2) is 4.39 Å². The van der Waals surface area contributed by atoms with Crippen LogP contribution in [-0.4, -0.2) is 74.9 Å². The van der Waals surface area contributed by atoms with Crippen LogP contribution in [0.3, 0.4) is 0 Å². The first-order chi connectivity index (χ1) is 11.7. The van der Waals surface area contributed by atoms with Gasteiger partial charge in [0.15, 0.2) is 0 Å². The summed E-state index contributed by atoms with van der Waals surface area (Å²) in [5, 5.41) is 0. The van der Waals surface area contributed by atoms with Crippen LogP contribution in [0.5, 0.6) is 0 Å². The lowest BCUT2D eigenvalue weighted by Crippen LogP contribution is -2.47. The average Bonchev–Trinajstić information content (AvgIpc) is 3.12. The van der Waals surface area contributed by atoms with Gasteiger partial charge in [0.05, 0.1) is 32.0 Å². The maximum Gasteiger partial charge on any atom is 0.256 e. The van der Waals surface area contributed by atoms with Crippen molar-refractivity contribution in [1.29, 1.82) is 0 Å². The summed E-state index contributed by atoms with van der Waals surface area (Å²) in [6.07, 6.45) is 0. The molecule has 3 heterocycles. The molecule has 0 spiro atoms. The molecule has 0 aliphatic carbocycles. The Balaban J connectivity index is 1.50. The van der Waals surface area contributed by atoms with Crippen molar-refractivity contribution in [2.45, 2.75) is 0 Å². The third kappa shape index (κ3) is 2.83. The molecule has 1 amide bonds. The van der Waals surface area contributed by atoms with Crippen molar-refractivity contribution in [2.75, 3.05) is 59.2 Å². The molecule has 3 saturated heterocycles. The molecule has 0 radical (unpaired) electrons. The molecular formula is C18H23FN2O3. The largest absolute Gasteiger partial charge is 0.380 e. The van der Waals surface area contributed by atoms with Gasteiger partial charge in [-0.3, -0.25) is 9.69 Å². The lowest BCUT2D eigenvalue weighted by molar-refractivity contribution is 0.0104. The van der Waals surface area contributed by atoms with E-state index in [1.807, 2.05) is 4.90 Å². The number of carbonyl (C=O) groups excluding carboxylic acids is 1. The third-order valence-electron chi connectivity index (χ3n) is 5.55. The van der Waals surface area contributed by atoms with Crippen molar-refractivity contribution in [3.63, 3.8) is 0 Å². The van der Waals surface area contributed by atoms with E-state index in [1.165, 1.54) is 6.07 Å². The van der Waals surface area contributed by atoms with E-state index < -0.39 is 5.82 Å². The standard InChI is InChI=1S/C18H23FN2O3/c19-16-4-2-1-3-15(16)17(22)21-9-14-10-24-13-18(14,12-21)11-20-5-7-23-8-6-20/h1-4,14H,5-13H2/t14-,18+/m1/s1. The molecule has 1 aromatic rings. The molecule has 0 unspecified atom stereocenters. The first-order valence-corrected chi connectivity index (χ1v) is 8.60. The van der Waals surface area contributed by atoms with Crippen molar-refractivity contribution in [2.24, 2.45) is 11.3 Å². The highest BCUT2D eigenvalue weighted by Gasteiger charge is 2.52. The second-order valence-electron chi connectivity index (χ2n) is 7.13. The Morgan fingerprint density at radius 1 is 1.25 bits per heavy atom. The Morgan fingerprint density at radius 3 is 2.83 bits per heavy atom. The molecule has 24 heavy (non-hydrogen) atoms. The molecule has 4 rings (SSSR count). The summed E-state index contributed by atoms with van der Waals surface area (Å²) < 4.78 is 25.1. The van der Waals surface area contributed by atoms with E-state index in [1.54, 1.807) is 18.2 Å². The van der Waals surface area contributed by atoms with Crippen LogP contribution < -0.4 is 0 Å². The van der Waals surface area contributed by atoms with Crippen molar-refractivity contribution >= 4 is 5.91 Å². The molecule has 0 bridgehead atoms. The first-order valence-electron chi connectivity index (χ1n) is 8.60. The summed E-state index contributed by atoms with van der Waals surface area (Å²) in [6, 6.07) is 6.23. The highest BCUT2D eigenvalue weighted by molar-refractivity contribution is 5.94. The number of fused-ring (bicyclic) bond motifs is 1. The highest BCUT2D eigenvalue weighted by atomic mass is 19.1. The molecule has 3 fully saturated rings. The number of halogens is 1. The van der Waals surface area contributed by atoms with E-state index in [0.29, 0.717) is 32.2 Å². The van der Waals surface area contributed by atoms with Crippen LogP contribution in [0.15, 0.2) is 24.3 Å². The number of hydrogen-bond acceptors (Lipinski definition) is 4. The molecule has 0 aromatic heterocycles. The Labute approximate surface area is 141 Å². The smallest absolute Gasteiger partial charge is 0.256 e. The fraction of sp³-hybridized carbons (Fsp3) is 0.611. The van der Waals surface area contributed by atoms with E-state index in [4.69, 9.17) is 9.47 Å². The predicted octanol–water partition coefficient (Wildman–Crippen LogP) is 1.25. The molecule has 5 nitrogen and oxygen atoms in total. The van der Waals surface area contributed by atoms with Gasteiger partial charge in [0.25, 0.3) is 5.91 Å². The number of ether oxygens (including phenoxy) is 2. The molecule has 1 aromatic carbocycles. The van der Waals surface area contributed by atoms with Crippen LogP contribution in [0, 0.1) is 17.2 Å². The SMILES string of the molecule is O=C(c1ccccc1F)N1C[C@@H]2COC[C@]2(CN2CCOCC2)C1. The van der Waals surface area contributed by atoms with Crippen molar-refractivity contribution in [3.8, 4) is 0 Å². The monoisotopic (exact) mass is 334 g/mol. The summed E-state index contributed by atoms with van der Waals surface area (Å²) in [4.78, 5) is 17.0. The van der Waals surface area contributed by atoms with Gasteiger partial charge in [0.2, 0.25) is 0 Å². The quantitative estimate of drug-likeness (QED) is 0.834. The lowest BCUT2D eigenvalue weighted by Gasteiger charge is -2.36. The summed E-state index contributed by atoms with van der Waals surface area (Å²) >= 11 is 0. The normalized spacial score (nSPS) is 30.5. The second kappa shape index (κ2) is 6.43. The van der Waals surface area contributed by atoms with Gasteiger partial charge in [0, 0.05) is 44.1 Å². The van der Waals surface area contributed by atoms with Crippen molar-refractivity contribution < 1.29 is 18.7 Å². The highest BCUT2D eigenvalue weighted by Crippen LogP contribution is 2.42. The van der Waals surface area contributed by atoms with Crippen molar-refractivity contribution in [1.82, 2.24) is 9.80 Å². The molecule has 3 aliphatic rings. The lowest BCUT2D eigenvalue weighted by atomic mass is 9.80. The topological polar surface area (TPSA) is 42.0 Å². The minimum Gasteiger partial charge on any atom is -0.380 e. The van der Waals surface area contributed by atoms with Crippen LogP contribution in [0.4, 0.5) is 4.39 Å². The Hall–Kier alpha value is -1.50. The van der Waals surface area contributed by atoms with E-state index >= 15 is 0 Å². The van der Waals surface area contributed by atoms with Crippen LogP contribution in [0.1, 0.15) is 10.4 Å². The number of likely N-dealkylation sites (tertiary alicyclic amines) is 1. The fourth-order valence-electron chi connectivity index (χ4n) is 4.22. The first kappa shape index (κ1) is 16.0. The minimum atomic E-state index is -0.446. The minimum absolute atomic E-state index is 0.0295. The van der Waals surface area contributed by atoms with Gasteiger partial charge in [0.1, 0.15) is 5.82 Å². The van der Waals surface area contributed by atoms with E-state index in [9.17, 15) is 9.18 Å². The second-order valence-corrected chi connectivity index (χ2v) is 7.13. The summed E-state index contributed by atoms with van der Waals surface area (Å²) in [5.41, 5.74) is 0.137. The van der Waals surface area contributed by atoms with Gasteiger partial charge >= 0.3 is 0 Å². The Kier molecular flexibility index (Phi) is 4.28. The third-order valence-corrected chi connectivity index (χ3v) is 5.55. The van der Waals surface area contributed by atoms with Gasteiger partial charge in [-0.1, -0.05) is 12.1 Å². The van der Waals surface area contributed by atoms with E-state index in [2.05, 4.69) is 4.90 Å². The van der Waals surface area contributed by atoms with Crippen molar-refractivity contribution in [3.05, 3.63) is 35.6 Å². The van der Waals surface area contributed by atoms with Crippen LogP contribution in [0.25, 0.3) is 0 Å². The van der Waals surface area contributed by atoms with Crippen LogP contribution in [0.2, 0.25) is 0 Å². The van der Waals surface area contributed by atoms with E-state index in [-0.39, 0.29) is 16.9 Å². The molecular weight excluding hydrogens is 311 g/mol. The Morgan fingerprint density at radius 2 is 2.04 bits per heavy atom. The number of benzene rings is 1. The number of hydrogen-bond donors (Lipinski definition) is 0. The number of nitrogens with zero attached hydrogens (tertiary/aromatic N) is 2. The Bertz CT molecular complexity index is 620. The summed E-state index contributed by atoms with van der Waals surface area (Å²) in [5.74, 6) is -0.321. The number of carbonyl (C=O) groups is 1. The van der Waals surface area contributed by atoms with E-state index in [0.717, 1.165) is 32.8 Å². The number of amides is 1. The van der Waals surface area contributed by atoms with Crippen LogP contribution in [-0.2, 0) is 9.47 Å². The molecule has 0 N–H and O–H groups in total. The summed E-state index contributed by atoms with van der Waals surface area (Å²) in [7, 11) is 0. The number of rotatable bonds is 3. The molecule has 6 heteroatoms. The molecule has 0 saturated carbocycles. The van der Waals surface area contributed by atoms with Crippen LogP contribution >= 0.6 is 0 Å². The summed E-state index contributed by atoms with van der Waals surface area (Å²) in [6.45, 7) is 6.95. The van der Waals surface area contributed by atoms with Gasteiger partial charge in [-0.15, -0.1) is 0 Å². The zero-order valence-electron chi connectivity index (χ0n) is 13.7. The molecule has 3 aliphatic heterocycles. The zero-order valence-corrected chi connectivity index (χ0v) is 13.7. The fourth-order valence-corrected chi connectivity index (χ4v) is 4.22. The predicted molar refractivity (Wildman–Crippen MR) is 86.3 cm³/mol.